The zero-order valence-electron chi connectivity index (χ0n) is 12.6. The van der Waals surface area contributed by atoms with E-state index in [-0.39, 0.29) is 11.8 Å². The topological polar surface area (TPSA) is 41.6 Å². The Morgan fingerprint density at radius 3 is 2.75 bits per heavy atom. The summed E-state index contributed by atoms with van der Waals surface area (Å²) in [5.74, 6) is 1.64. The van der Waals surface area contributed by atoms with E-state index in [9.17, 15) is 4.79 Å². The minimum atomic E-state index is 0.0506. The lowest BCUT2D eigenvalue weighted by atomic mass is 9.98. The molecule has 1 fully saturated rings. The number of benzene rings is 1. The molecule has 0 bridgehead atoms. The lowest BCUT2D eigenvalue weighted by molar-refractivity contribution is -0.133. The van der Waals surface area contributed by atoms with E-state index in [1.165, 1.54) is 5.56 Å². The fourth-order valence-corrected chi connectivity index (χ4v) is 2.81. The molecule has 4 heteroatoms. The Labute approximate surface area is 121 Å². The van der Waals surface area contributed by atoms with Gasteiger partial charge in [-0.2, -0.15) is 0 Å². The van der Waals surface area contributed by atoms with Crippen LogP contribution in [0.1, 0.15) is 24.8 Å². The Morgan fingerprint density at radius 1 is 1.45 bits per heavy atom. The maximum Gasteiger partial charge on any atom is 0.226 e. The molecule has 2 atom stereocenters. The smallest absolute Gasteiger partial charge is 0.226 e. The van der Waals surface area contributed by atoms with Crippen LogP contribution in [0.4, 0.5) is 0 Å². The second-order valence-corrected chi connectivity index (χ2v) is 5.50. The summed E-state index contributed by atoms with van der Waals surface area (Å²) in [5, 5.41) is 3.07. The summed E-state index contributed by atoms with van der Waals surface area (Å²) >= 11 is 0. The van der Waals surface area contributed by atoms with Crippen molar-refractivity contribution in [2.24, 2.45) is 5.92 Å². The number of hydrogen-bond acceptors (Lipinski definition) is 3. The SMILES string of the molecule is CNCC(C)C(=O)N1CCC(c2ccc(OC)cc2)C1. The van der Waals surface area contributed by atoms with Crippen LogP contribution >= 0.6 is 0 Å². The minimum Gasteiger partial charge on any atom is -0.497 e. The highest BCUT2D eigenvalue weighted by Gasteiger charge is 2.29. The van der Waals surface area contributed by atoms with Crippen molar-refractivity contribution >= 4 is 5.91 Å². The van der Waals surface area contributed by atoms with E-state index < -0.39 is 0 Å². The van der Waals surface area contributed by atoms with Gasteiger partial charge in [-0.3, -0.25) is 4.79 Å². The van der Waals surface area contributed by atoms with Gasteiger partial charge in [-0.05, 0) is 31.2 Å². The first-order valence-electron chi connectivity index (χ1n) is 7.23. The number of ether oxygens (including phenoxy) is 1. The predicted molar refractivity (Wildman–Crippen MR) is 80.0 cm³/mol. The highest BCUT2D eigenvalue weighted by atomic mass is 16.5. The summed E-state index contributed by atoms with van der Waals surface area (Å²) < 4.78 is 5.18. The van der Waals surface area contributed by atoms with Gasteiger partial charge in [0.2, 0.25) is 5.91 Å². The van der Waals surface area contributed by atoms with Gasteiger partial charge in [-0.25, -0.2) is 0 Å². The van der Waals surface area contributed by atoms with Crippen LogP contribution in [0.25, 0.3) is 0 Å². The molecule has 1 aliphatic heterocycles. The maximum atomic E-state index is 12.3. The molecule has 1 saturated heterocycles. The Hall–Kier alpha value is -1.55. The van der Waals surface area contributed by atoms with Gasteiger partial charge in [0.25, 0.3) is 0 Å². The molecule has 0 radical (unpaired) electrons. The predicted octanol–water partition coefficient (Wildman–Crippen LogP) is 1.87. The first kappa shape index (κ1) is 14.9. The number of carbonyl (C=O) groups is 1. The fraction of sp³-hybridized carbons (Fsp3) is 0.562. The van der Waals surface area contributed by atoms with Crippen molar-refractivity contribution in [2.45, 2.75) is 19.3 Å². The number of nitrogens with zero attached hydrogens (tertiary/aromatic N) is 1. The van der Waals surface area contributed by atoms with Crippen LogP contribution in [0.2, 0.25) is 0 Å². The minimum absolute atomic E-state index is 0.0506. The van der Waals surface area contributed by atoms with Gasteiger partial charge in [0.1, 0.15) is 5.75 Å². The number of likely N-dealkylation sites (tertiary alicyclic amines) is 1. The van der Waals surface area contributed by atoms with Crippen molar-refractivity contribution in [2.75, 3.05) is 33.8 Å². The van der Waals surface area contributed by atoms with Gasteiger partial charge in [-0.15, -0.1) is 0 Å². The van der Waals surface area contributed by atoms with E-state index in [4.69, 9.17) is 4.74 Å². The monoisotopic (exact) mass is 276 g/mol. The second kappa shape index (κ2) is 6.75. The largest absolute Gasteiger partial charge is 0.497 e. The molecule has 1 aromatic rings. The summed E-state index contributed by atoms with van der Waals surface area (Å²) in [4.78, 5) is 14.3. The number of amides is 1. The molecule has 1 amide bonds. The van der Waals surface area contributed by atoms with Crippen LogP contribution < -0.4 is 10.1 Å². The first-order chi connectivity index (χ1) is 9.65. The zero-order chi connectivity index (χ0) is 14.5. The van der Waals surface area contributed by atoms with E-state index in [1.54, 1.807) is 7.11 Å². The number of rotatable bonds is 5. The molecule has 110 valence electrons. The zero-order valence-corrected chi connectivity index (χ0v) is 12.6. The van der Waals surface area contributed by atoms with Gasteiger partial charge < -0.3 is 15.0 Å². The molecular formula is C16H24N2O2. The van der Waals surface area contributed by atoms with Crippen LogP contribution in [0.15, 0.2) is 24.3 Å². The lowest BCUT2D eigenvalue weighted by Gasteiger charge is -2.21. The average molecular weight is 276 g/mol. The molecular weight excluding hydrogens is 252 g/mol. The Balaban J connectivity index is 1.95. The summed E-state index contributed by atoms with van der Waals surface area (Å²) in [6.07, 6.45) is 1.05. The van der Waals surface area contributed by atoms with Crippen LogP contribution in [0.5, 0.6) is 5.75 Å². The van der Waals surface area contributed by atoms with E-state index in [2.05, 4.69) is 17.4 Å². The summed E-state index contributed by atoms with van der Waals surface area (Å²) in [7, 11) is 3.56. The van der Waals surface area contributed by atoms with Gasteiger partial charge in [0, 0.05) is 31.5 Å². The summed E-state index contributed by atoms with van der Waals surface area (Å²) in [6, 6.07) is 8.19. The highest BCUT2D eigenvalue weighted by molar-refractivity contribution is 5.79. The molecule has 2 unspecified atom stereocenters. The van der Waals surface area contributed by atoms with Crippen LogP contribution in [0.3, 0.4) is 0 Å². The van der Waals surface area contributed by atoms with E-state index in [0.717, 1.165) is 31.8 Å². The molecule has 0 spiro atoms. The lowest BCUT2D eigenvalue weighted by Crippen LogP contribution is -2.37. The van der Waals surface area contributed by atoms with Crippen LogP contribution in [-0.2, 0) is 4.79 Å². The third kappa shape index (κ3) is 3.31. The van der Waals surface area contributed by atoms with Gasteiger partial charge in [0.15, 0.2) is 0 Å². The molecule has 2 rings (SSSR count). The Bertz CT molecular complexity index is 444. The average Bonchev–Trinajstić information content (AvgIpc) is 2.96. The molecule has 4 nitrogen and oxygen atoms in total. The van der Waals surface area contributed by atoms with Crippen molar-refractivity contribution in [3.05, 3.63) is 29.8 Å². The number of carbonyl (C=O) groups excluding carboxylic acids is 1. The van der Waals surface area contributed by atoms with Crippen molar-refractivity contribution in [1.29, 1.82) is 0 Å². The third-order valence-corrected chi connectivity index (χ3v) is 4.02. The Kier molecular flexibility index (Phi) is 5.01. The Morgan fingerprint density at radius 2 is 2.15 bits per heavy atom. The number of nitrogens with one attached hydrogen (secondary N) is 1. The molecule has 0 saturated carbocycles. The number of hydrogen-bond donors (Lipinski definition) is 1. The number of methoxy groups -OCH3 is 1. The molecule has 1 heterocycles. The first-order valence-corrected chi connectivity index (χ1v) is 7.23. The molecule has 1 aromatic carbocycles. The van der Waals surface area contributed by atoms with Gasteiger partial charge in [-0.1, -0.05) is 19.1 Å². The molecule has 20 heavy (non-hydrogen) atoms. The standard InChI is InChI=1S/C16H24N2O2/c1-12(10-17-2)16(19)18-9-8-14(11-18)13-4-6-15(20-3)7-5-13/h4-7,12,14,17H,8-11H2,1-3H3. The van der Waals surface area contributed by atoms with Gasteiger partial charge >= 0.3 is 0 Å². The quantitative estimate of drug-likeness (QED) is 0.892. The van der Waals surface area contributed by atoms with Crippen molar-refractivity contribution in [1.82, 2.24) is 10.2 Å². The van der Waals surface area contributed by atoms with Gasteiger partial charge in [0.05, 0.1) is 7.11 Å². The van der Waals surface area contributed by atoms with Crippen molar-refractivity contribution in [3.63, 3.8) is 0 Å². The van der Waals surface area contributed by atoms with Crippen molar-refractivity contribution < 1.29 is 9.53 Å². The van der Waals surface area contributed by atoms with Crippen LogP contribution in [-0.4, -0.2) is 44.6 Å². The van der Waals surface area contributed by atoms with Crippen LogP contribution in [0, 0.1) is 5.92 Å². The molecule has 0 aliphatic carbocycles. The van der Waals surface area contributed by atoms with E-state index in [1.807, 2.05) is 31.0 Å². The summed E-state index contributed by atoms with van der Waals surface area (Å²) in [6.45, 7) is 4.42. The molecule has 1 aliphatic rings. The normalized spacial score (nSPS) is 19.9. The summed E-state index contributed by atoms with van der Waals surface area (Å²) in [5.41, 5.74) is 1.29. The molecule has 1 N–H and O–H groups in total. The second-order valence-electron chi connectivity index (χ2n) is 5.50. The third-order valence-electron chi connectivity index (χ3n) is 4.02. The van der Waals surface area contributed by atoms with E-state index >= 15 is 0 Å². The molecule has 0 aromatic heterocycles. The van der Waals surface area contributed by atoms with Crippen molar-refractivity contribution in [3.8, 4) is 5.75 Å². The highest BCUT2D eigenvalue weighted by Crippen LogP contribution is 2.29. The van der Waals surface area contributed by atoms with E-state index in [0.29, 0.717) is 5.92 Å². The maximum absolute atomic E-state index is 12.3. The fourth-order valence-electron chi connectivity index (χ4n) is 2.81.